The number of para-hydroxylation sites is 1. The van der Waals surface area contributed by atoms with Gasteiger partial charge in [0, 0.05) is 5.69 Å². The fourth-order valence-electron chi connectivity index (χ4n) is 3.03. The molecule has 30 heavy (non-hydrogen) atoms. The highest BCUT2D eigenvalue weighted by Crippen LogP contribution is 2.35. The fourth-order valence-corrected chi connectivity index (χ4v) is 4.39. The molecule has 0 fully saturated rings. The highest BCUT2D eigenvalue weighted by Gasteiger charge is 2.27. The summed E-state index contributed by atoms with van der Waals surface area (Å²) in [7, 11) is 0. The number of nitrogens with one attached hydrogen (secondary N) is 2. The zero-order valence-electron chi connectivity index (χ0n) is 18.2. The van der Waals surface area contributed by atoms with Gasteiger partial charge in [-0.15, -0.1) is 11.3 Å². The number of esters is 2. The van der Waals surface area contributed by atoms with E-state index in [1.165, 1.54) is 0 Å². The van der Waals surface area contributed by atoms with Crippen LogP contribution in [0.25, 0.3) is 0 Å². The van der Waals surface area contributed by atoms with E-state index in [0.29, 0.717) is 32.0 Å². The number of anilines is 2. The van der Waals surface area contributed by atoms with E-state index in [0.717, 1.165) is 28.2 Å². The van der Waals surface area contributed by atoms with Gasteiger partial charge in [0.25, 0.3) is 0 Å². The van der Waals surface area contributed by atoms with Crippen LogP contribution in [0.5, 0.6) is 0 Å². The van der Waals surface area contributed by atoms with E-state index in [1.807, 2.05) is 19.1 Å². The summed E-state index contributed by atoms with van der Waals surface area (Å²) in [6.07, 6.45) is 0. The van der Waals surface area contributed by atoms with Gasteiger partial charge < -0.3 is 20.1 Å². The normalized spacial score (nSPS) is 10.6. The molecule has 2 aromatic rings. The Morgan fingerprint density at radius 3 is 2.30 bits per heavy atom. The third kappa shape index (κ3) is 5.37. The molecule has 0 saturated heterocycles. The number of thiophene rings is 1. The van der Waals surface area contributed by atoms with Crippen LogP contribution in [0.15, 0.2) is 18.2 Å². The second-order valence-corrected chi connectivity index (χ2v) is 8.40. The van der Waals surface area contributed by atoms with E-state index < -0.39 is 11.9 Å². The van der Waals surface area contributed by atoms with E-state index in [9.17, 15) is 9.59 Å². The number of benzene rings is 1. The van der Waals surface area contributed by atoms with Crippen LogP contribution in [0.1, 0.15) is 70.3 Å². The molecule has 0 radical (unpaired) electrons. The average Bonchev–Trinajstić information content (AvgIpc) is 2.99. The predicted octanol–water partition coefficient (Wildman–Crippen LogP) is 5.65. The molecule has 0 amide bonds. The summed E-state index contributed by atoms with van der Waals surface area (Å²) in [5.74, 6) is -0.672. The molecule has 0 atom stereocenters. The topological polar surface area (TPSA) is 76.7 Å². The van der Waals surface area contributed by atoms with E-state index >= 15 is 0 Å². The first-order valence-corrected chi connectivity index (χ1v) is 11.1. The Morgan fingerprint density at radius 2 is 1.70 bits per heavy atom. The molecule has 0 bridgehead atoms. The fraction of sp³-hybridized carbons (Fsp3) is 0.409. The first-order chi connectivity index (χ1) is 14.2. The summed E-state index contributed by atoms with van der Waals surface area (Å²) < 4.78 is 10.3. The Balaban J connectivity index is 2.37. The molecule has 0 spiro atoms. The molecular weight excluding hydrogens is 420 g/mol. The SMILES string of the molecule is CCOC(=O)c1sc(NC(=S)Nc2c(C)cccc2C(C)C)c(C(=O)OCC)c1C. The minimum Gasteiger partial charge on any atom is -0.462 e. The number of carbonyl (C=O) groups is 2. The van der Waals surface area contributed by atoms with Gasteiger partial charge in [0.15, 0.2) is 5.11 Å². The quantitative estimate of drug-likeness (QED) is 0.419. The molecule has 6 nitrogen and oxygen atoms in total. The Labute approximate surface area is 187 Å². The molecule has 0 saturated carbocycles. The van der Waals surface area contributed by atoms with E-state index in [1.54, 1.807) is 20.8 Å². The van der Waals surface area contributed by atoms with Crippen molar-refractivity contribution >= 4 is 51.3 Å². The van der Waals surface area contributed by atoms with E-state index in [2.05, 4.69) is 30.5 Å². The lowest BCUT2D eigenvalue weighted by Crippen LogP contribution is -2.21. The second-order valence-electron chi connectivity index (χ2n) is 6.97. The molecule has 8 heteroatoms. The standard InChI is InChI=1S/C22H28N2O4S2/c1-7-27-20(25)16-14(6)18(21(26)28-8-2)30-19(16)24-22(29)23-17-13(5)10-9-11-15(17)12(3)4/h9-12H,7-8H2,1-6H3,(H2,23,24,29). The number of aryl methyl sites for hydroxylation is 1. The molecule has 162 valence electrons. The van der Waals surface area contributed by atoms with Gasteiger partial charge in [0.2, 0.25) is 0 Å². The summed E-state index contributed by atoms with van der Waals surface area (Å²) in [4.78, 5) is 25.2. The number of ether oxygens (including phenoxy) is 2. The highest BCUT2D eigenvalue weighted by molar-refractivity contribution is 7.80. The van der Waals surface area contributed by atoms with Crippen molar-refractivity contribution in [1.29, 1.82) is 0 Å². The first kappa shape index (κ1) is 23.8. The van der Waals surface area contributed by atoms with Crippen LogP contribution in [-0.4, -0.2) is 30.3 Å². The summed E-state index contributed by atoms with van der Waals surface area (Å²) in [5, 5.41) is 7.11. The number of carbonyl (C=O) groups excluding carboxylic acids is 2. The maximum absolute atomic E-state index is 12.5. The molecule has 0 aliphatic rings. The van der Waals surface area contributed by atoms with Gasteiger partial charge in [-0.25, -0.2) is 9.59 Å². The Hall–Kier alpha value is -2.45. The van der Waals surface area contributed by atoms with E-state index in [-0.39, 0.29) is 13.2 Å². The van der Waals surface area contributed by atoms with Crippen LogP contribution in [0.2, 0.25) is 0 Å². The van der Waals surface area contributed by atoms with Crippen molar-refractivity contribution in [2.75, 3.05) is 23.8 Å². The second kappa shape index (κ2) is 10.5. The number of rotatable bonds is 7. The Bertz CT molecular complexity index is 951. The molecule has 0 aliphatic carbocycles. The van der Waals surface area contributed by atoms with Gasteiger partial charge in [-0.05, 0) is 62.5 Å². The van der Waals surface area contributed by atoms with Crippen molar-refractivity contribution in [3.05, 3.63) is 45.3 Å². The summed E-state index contributed by atoms with van der Waals surface area (Å²) in [6.45, 7) is 11.9. The third-order valence-corrected chi connectivity index (χ3v) is 5.87. The highest BCUT2D eigenvalue weighted by atomic mass is 32.1. The minimum absolute atomic E-state index is 0.228. The molecule has 1 aromatic heterocycles. The number of hydrogen-bond acceptors (Lipinski definition) is 6. The lowest BCUT2D eigenvalue weighted by atomic mass is 9.98. The van der Waals surface area contributed by atoms with E-state index in [4.69, 9.17) is 21.7 Å². The molecule has 0 aliphatic heterocycles. The van der Waals surface area contributed by atoms with Gasteiger partial charge in [-0.1, -0.05) is 32.0 Å². The number of hydrogen-bond donors (Lipinski definition) is 2. The minimum atomic E-state index is -0.508. The monoisotopic (exact) mass is 448 g/mol. The summed E-state index contributed by atoms with van der Waals surface area (Å²) >= 11 is 6.65. The van der Waals surface area contributed by atoms with Crippen LogP contribution >= 0.6 is 23.6 Å². The van der Waals surface area contributed by atoms with Crippen molar-refractivity contribution in [2.24, 2.45) is 0 Å². The van der Waals surface area contributed by atoms with Crippen molar-refractivity contribution < 1.29 is 19.1 Å². The lowest BCUT2D eigenvalue weighted by Gasteiger charge is -2.18. The van der Waals surface area contributed by atoms with Gasteiger partial charge in [0.05, 0.1) is 18.8 Å². The van der Waals surface area contributed by atoms with Crippen molar-refractivity contribution in [3.8, 4) is 0 Å². The van der Waals surface area contributed by atoms with Gasteiger partial charge >= 0.3 is 11.9 Å². The summed E-state index contributed by atoms with van der Waals surface area (Å²) in [6, 6.07) is 6.08. The molecule has 1 aromatic carbocycles. The summed E-state index contributed by atoms with van der Waals surface area (Å²) in [5.41, 5.74) is 3.94. The van der Waals surface area contributed by atoms with Crippen LogP contribution in [-0.2, 0) is 9.47 Å². The molecule has 1 heterocycles. The zero-order valence-corrected chi connectivity index (χ0v) is 19.8. The van der Waals surface area contributed by atoms with Crippen LogP contribution in [0.3, 0.4) is 0 Å². The van der Waals surface area contributed by atoms with Gasteiger partial charge in [0.1, 0.15) is 9.88 Å². The van der Waals surface area contributed by atoms with Crippen LogP contribution < -0.4 is 10.6 Å². The van der Waals surface area contributed by atoms with Crippen molar-refractivity contribution in [1.82, 2.24) is 0 Å². The zero-order chi connectivity index (χ0) is 22.4. The first-order valence-electron chi connectivity index (χ1n) is 9.86. The number of thiocarbonyl (C=S) groups is 1. The maximum Gasteiger partial charge on any atom is 0.348 e. The third-order valence-electron chi connectivity index (χ3n) is 4.48. The Morgan fingerprint density at radius 1 is 1.07 bits per heavy atom. The van der Waals surface area contributed by atoms with Crippen molar-refractivity contribution in [2.45, 2.75) is 47.5 Å². The Kier molecular flexibility index (Phi) is 8.37. The molecule has 0 unspecified atom stereocenters. The molecule has 2 N–H and O–H groups in total. The largest absolute Gasteiger partial charge is 0.462 e. The maximum atomic E-state index is 12.5. The predicted molar refractivity (Wildman–Crippen MR) is 126 cm³/mol. The van der Waals surface area contributed by atoms with Gasteiger partial charge in [-0.2, -0.15) is 0 Å². The molecular formula is C22H28N2O4S2. The van der Waals surface area contributed by atoms with Crippen LogP contribution in [0, 0.1) is 13.8 Å². The smallest absolute Gasteiger partial charge is 0.348 e. The van der Waals surface area contributed by atoms with Crippen molar-refractivity contribution in [3.63, 3.8) is 0 Å². The lowest BCUT2D eigenvalue weighted by molar-refractivity contribution is 0.0527. The van der Waals surface area contributed by atoms with Gasteiger partial charge in [-0.3, -0.25) is 0 Å². The molecule has 2 rings (SSSR count). The van der Waals surface area contributed by atoms with Crippen LogP contribution in [0.4, 0.5) is 10.7 Å². The average molecular weight is 449 g/mol.